The molecule has 0 radical (unpaired) electrons. The molecule has 1 atom stereocenters. The van der Waals surface area contributed by atoms with E-state index in [0.717, 1.165) is 0 Å². The number of benzene rings is 1. The number of hydrogen-bond acceptors (Lipinski definition) is 4. The van der Waals surface area contributed by atoms with Gasteiger partial charge >= 0.3 is 0 Å². The Labute approximate surface area is 111 Å². The summed E-state index contributed by atoms with van der Waals surface area (Å²) >= 11 is 0. The van der Waals surface area contributed by atoms with Crippen molar-refractivity contribution in [3.63, 3.8) is 0 Å². The first-order valence-corrected chi connectivity index (χ1v) is 7.46. The van der Waals surface area contributed by atoms with Crippen LogP contribution in [0.2, 0.25) is 0 Å². The van der Waals surface area contributed by atoms with Crippen molar-refractivity contribution < 1.29 is 13.5 Å². The van der Waals surface area contributed by atoms with Gasteiger partial charge in [0.05, 0.1) is 6.61 Å². The molecule has 0 amide bonds. The summed E-state index contributed by atoms with van der Waals surface area (Å²) in [5.74, 6) is 0. The number of aromatic amines is 1. The third-order valence-electron chi connectivity index (χ3n) is 2.99. The molecule has 0 spiro atoms. The fraction of sp³-hybridized carbons (Fsp3) is 0.333. The van der Waals surface area contributed by atoms with E-state index in [1.807, 2.05) is 0 Å². The number of rotatable bonds is 5. The van der Waals surface area contributed by atoms with Crippen LogP contribution < -0.4 is 10.5 Å². The standard InChI is InChI=1S/C12H17N3O3S/c1-2-9(7-16)15-19(17,18)12-6-14-11-4-3-8(13)5-10(11)12/h3-6,9,14-16H,2,7,13H2,1H3/t9-/m1/s1. The Hall–Kier alpha value is -1.57. The molecule has 104 valence electrons. The van der Waals surface area contributed by atoms with Crippen LogP contribution in [0, 0.1) is 0 Å². The molecule has 1 aromatic heterocycles. The minimum Gasteiger partial charge on any atom is -0.399 e. The van der Waals surface area contributed by atoms with E-state index in [2.05, 4.69) is 9.71 Å². The maximum absolute atomic E-state index is 12.3. The Bertz CT molecular complexity index is 675. The van der Waals surface area contributed by atoms with Crippen LogP contribution in [0.25, 0.3) is 10.9 Å². The second-order valence-electron chi connectivity index (χ2n) is 4.37. The van der Waals surface area contributed by atoms with Gasteiger partial charge in [0.15, 0.2) is 0 Å². The number of aromatic nitrogens is 1. The number of aliphatic hydroxyl groups is 1. The van der Waals surface area contributed by atoms with Gasteiger partial charge in [-0.3, -0.25) is 0 Å². The van der Waals surface area contributed by atoms with E-state index < -0.39 is 16.1 Å². The number of nitrogens with two attached hydrogens (primary N) is 1. The van der Waals surface area contributed by atoms with Crippen molar-refractivity contribution in [1.29, 1.82) is 0 Å². The summed E-state index contributed by atoms with van der Waals surface area (Å²) in [5, 5.41) is 9.63. The van der Waals surface area contributed by atoms with Crippen molar-refractivity contribution in [3.05, 3.63) is 24.4 Å². The molecule has 0 aliphatic rings. The summed E-state index contributed by atoms with van der Waals surface area (Å²) < 4.78 is 27.0. The van der Waals surface area contributed by atoms with Gasteiger partial charge in [-0.2, -0.15) is 0 Å². The van der Waals surface area contributed by atoms with E-state index >= 15 is 0 Å². The molecule has 1 heterocycles. The van der Waals surface area contributed by atoms with Gasteiger partial charge in [-0.15, -0.1) is 0 Å². The Kier molecular flexibility index (Phi) is 3.79. The lowest BCUT2D eigenvalue weighted by Crippen LogP contribution is -2.36. The van der Waals surface area contributed by atoms with Crippen LogP contribution in [-0.2, 0) is 10.0 Å². The van der Waals surface area contributed by atoms with Gasteiger partial charge in [0.2, 0.25) is 10.0 Å². The first-order valence-electron chi connectivity index (χ1n) is 5.97. The average molecular weight is 283 g/mol. The van der Waals surface area contributed by atoms with Crippen LogP contribution >= 0.6 is 0 Å². The van der Waals surface area contributed by atoms with E-state index in [9.17, 15) is 8.42 Å². The van der Waals surface area contributed by atoms with Crippen LogP contribution in [0.1, 0.15) is 13.3 Å². The molecule has 2 rings (SSSR count). The number of anilines is 1. The molecule has 5 N–H and O–H groups in total. The quantitative estimate of drug-likeness (QED) is 0.609. The predicted octanol–water partition coefficient (Wildman–Crippen LogP) is 0.799. The summed E-state index contributed by atoms with van der Waals surface area (Å²) in [5.41, 5.74) is 6.88. The van der Waals surface area contributed by atoms with Crippen molar-refractivity contribution in [1.82, 2.24) is 9.71 Å². The first-order chi connectivity index (χ1) is 8.97. The fourth-order valence-corrected chi connectivity index (χ4v) is 3.35. The normalized spacial score (nSPS) is 13.8. The highest BCUT2D eigenvalue weighted by atomic mass is 32.2. The molecule has 0 aliphatic carbocycles. The van der Waals surface area contributed by atoms with E-state index in [4.69, 9.17) is 10.8 Å². The van der Waals surface area contributed by atoms with Crippen molar-refractivity contribution in [2.45, 2.75) is 24.3 Å². The molecule has 7 heteroatoms. The van der Waals surface area contributed by atoms with Crippen LogP contribution in [0.15, 0.2) is 29.3 Å². The fourth-order valence-electron chi connectivity index (χ4n) is 1.87. The first kappa shape index (κ1) is 13.9. The van der Waals surface area contributed by atoms with Crippen molar-refractivity contribution in [2.75, 3.05) is 12.3 Å². The summed E-state index contributed by atoms with van der Waals surface area (Å²) in [4.78, 5) is 3.03. The van der Waals surface area contributed by atoms with Gasteiger partial charge in [0.1, 0.15) is 4.90 Å². The maximum Gasteiger partial charge on any atom is 0.243 e. The zero-order valence-electron chi connectivity index (χ0n) is 10.6. The molecule has 0 aliphatic heterocycles. The van der Waals surface area contributed by atoms with Gasteiger partial charge in [0.25, 0.3) is 0 Å². The third kappa shape index (κ3) is 2.73. The number of nitrogen functional groups attached to an aromatic ring is 1. The van der Waals surface area contributed by atoms with Crippen LogP contribution in [0.3, 0.4) is 0 Å². The number of aliphatic hydroxyl groups excluding tert-OH is 1. The van der Waals surface area contributed by atoms with Crippen molar-refractivity contribution in [3.8, 4) is 0 Å². The van der Waals surface area contributed by atoms with Crippen LogP contribution in [0.4, 0.5) is 5.69 Å². The van der Waals surface area contributed by atoms with Gasteiger partial charge in [0, 0.05) is 28.8 Å². The number of H-pyrrole nitrogens is 1. The topological polar surface area (TPSA) is 108 Å². The second-order valence-corrected chi connectivity index (χ2v) is 6.05. The third-order valence-corrected chi connectivity index (χ3v) is 4.55. The largest absolute Gasteiger partial charge is 0.399 e. The number of hydrogen-bond donors (Lipinski definition) is 4. The van der Waals surface area contributed by atoms with E-state index in [1.54, 1.807) is 25.1 Å². The molecule has 0 fully saturated rings. The lowest BCUT2D eigenvalue weighted by atomic mass is 10.2. The minimum atomic E-state index is -3.68. The smallest absolute Gasteiger partial charge is 0.243 e. The van der Waals surface area contributed by atoms with E-state index in [-0.39, 0.29) is 11.5 Å². The minimum absolute atomic E-state index is 0.140. The highest BCUT2D eigenvalue weighted by Gasteiger charge is 2.22. The number of fused-ring (bicyclic) bond motifs is 1. The summed E-state index contributed by atoms with van der Waals surface area (Å²) in [7, 11) is -3.68. The molecular formula is C12H17N3O3S. The average Bonchev–Trinajstić information content (AvgIpc) is 2.79. The Morgan fingerprint density at radius 3 is 2.84 bits per heavy atom. The van der Waals surface area contributed by atoms with E-state index in [1.165, 1.54) is 6.20 Å². The van der Waals surface area contributed by atoms with Gasteiger partial charge in [-0.25, -0.2) is 13.1 Å². The molecule has 19 heavy (non-hydrogen) atoms. The Morgan fingerprint density at radius 2 is 2.21 bits per heavy atom. The van der Waals surface area contributed by atoms with Crippen LogP contribution in [0.5, 0.6) is 0 Å². The molecular weight excluding hydrogens is 266 g/mol. The van der Waals surface area contributed by atoms with E-state index in [0.29, 0.717) is 23.0 Å². The lowest BCUT2D eigenvalue weighted by molar-refractivity contribution is 0.254. The molecule has 0 unspecified atom stereocenters. The second kappa shape index (κ2) is 5.20. The predicted molar refractivity (Wildman–Crippen MR) is 74.2 cm³/mol. The SMILES string of the molecule is CC[C@H](CO)NS(=O)(=O)c1c[nH]c2ccc(N)cc12. The number of sulfonamides is 1. The molecule has 0 saturated heterocycles. The molecule has 6 nitrogen and oxygen atoms in total. The Morgan fingerprint density at radius 1 is 1.47 bits per heavy atom. The number of nitrogens with one attached hydrogen (secondary N) is 2. The van der Waals surface area contributed by atoms with Gasteiger partial charge in [-0.05, 0) is 24.6 Å². The van der Waals surface area contributed by atoms with Gasteiger partial charge in [-0.1, -0.05) is 6.92 Å². The maximum atomic E-state index is 12.3. The molecule has 2 aromatic rings. The molecule has 0 saturated carbocycles. The Balaban J connectivity index is 2.46. The zero-order chi connectivity index (χ0) is 14.0. The highest BCUT2D eigenvalue weighted by molar-refractivity contribution is 7.89. The van der Waals surface area contributed by atoms with Crippen molar-refractivity contribution in [2.24, 2.45) is 0 Å². The zero-order valence-corrected chi connectivity index (χ0v) is 11.4. The molecule has 1 aromatic carbocycles. The van der Waals surface area contributed by atoms with Gasteiger partial charge < -0.3 is 15.8 Å². The van der Waals surface area contributed by atoms with Crippen LogP contribution in [-0.4, -0.2) is 31.2 Å². The summed E-state index contributed by atoms with van der Waals surface area (Å²) in [6.45, 7) is 1.57. The van der Waals surface area contributed by atoms with Crippen molar-refractivity contribution >= 4 is 26.6 Å². The summed E-state index contributed by atoms with van der Waals surface area (Å²) in [6.07, 6.45) is 1.94. The summed E-state index contributed by atoms with van der Waals surface area (Å²) in [6, 6.07) is 4.55. The highest BCUT2D eigenvalue weighted by Crippen LogP contribution is 2.24. The lowest BCUT2D eigenvalue weighted by Gasteiger charge is -2.13. The molecule has 0 bridgehead atoms. The monoisotopic (exact) mass is 283 g/mol.